The van der Waals surface area contributed by atoms with Crippen molar-refractivity contribution in [3.63, 3.8) is 0 Å². The van der Waals surface area contributed by atoms with Gasteiger partial charge < -0.3 is 28.6 Å². The third-order valence-electron chi connectivity index (χ3n) is 14.1. The number of carbonyl (C=O) groups excluding carboxylic acids is 1. The van der Waals surface area contributed by atoms with Gasteiger partial charge >= 0.3 is 5.97 Å². The quantitative estimate of drug-likeness (QED) is 0.0803. The largest absolute Gasteiger partial charge is 0.497 e. The summed E-state index contributed by atoms with van der Waals surface area (Å²) >= 11 is 6.53. The normalized spacial score (nSPS) is 22.6. The minimum absolute atomic E-state index is 0.0548. The number of benzene rings is 4. The molecule has 8 rings (SSSR count). The summed E-state index contributed by atoms with van der Waals surface area (Å²) in [5.74, 6) is 2.64. The number of aryl methyl sites for hydroxylation is 1. The maximum absolute atomic E-state index is 14.4. The molecule has 4 aromatic rings. The number of nitrogens with zero attached hydrogens (tertiary/aromatic N) is 2. The van der Waals surface area contributed by atoms with Crippen molar-refractivity contribution in [3.05, 3.63) is 129 Å². The summed E-state index contributed by atoms with van der Waals surface area (Å²) in [6.07, 6.45) is 8.67. The monoisotopic (exact) mass is 924 g/mol. The first-order valence-corrected chi connectivity index (χ1v) is 25.0. The molecular weight excluding hydrogens is 860 g/mol. The van der Waals surface area contributed by atoms with Gasteiger partial charge in [-0.15, -0.1) is 0 Å². The third kappa shape index (κ3) is 10.4. The second-order valence-corrected chi connectivity index (χ2v) is 22.5. The Morgan fingerprint density at radius 1 is 0.923 bits per heavy atom. The fraction of sp³-hybridized carbons (Fsp3) is 0.491. The van der Waals surface area contributed by atoms with E-state index in [-0.39, 0.29) is 36.5 Å². The topological polar surface area (TPSA) is 104 Å². The minimum atomic E-state index is -3.70. The second-order valence-electron chi connectivity index (χ2n) is 19.7. The first kappa shape index (κ1) is 47.0. The Bertz CT molecular complexity index is 2420. The molecule has 0 radical (unpaired) electrons. The summed E-state index contributed by atoms with van der Waals surface area (Å²) in [4.78, 5) is 15.9. The fourth-order valence-electron chi connectivity index (χ4n) is 10.5. The van der Waals surface area contributed by atoms with Crippen LogP contribution >= 0.6 is 11.6 Å². The van der Waals surface area contributed by atoms with Crippen LogP contribution in [0.2, 0.25) is 5.02 Å². The Balaban J connectivity index is 0.991. The van der Waals surface area contributed by atoms with Crippen LogP contribution in [-0.4, -0.2) is 76.7 Å². The number of hydrogen-bond acceptors (Lipinski definition) is 9. The van der Waals surface area contributed by atoms with E-state index in [1.54, 1.807) is 25.6 Å². The number of sulfonamides is 1. The number of fused-ring (bicyclic) bond motifs is 3. The number of allylic oxidation sites excluding steroid dienone is 1. The van der Waals surface area contributed by atoms with E-state index in [1.165, 1.54) is 16.7 Å². The molecule has 0 bridgehead atoms. The highest BCUT2D eigenvalue weighted by molar-refractivity contribution is 7.89. The first-order valence-electron chi connectivity index (χ1n) is 23.1. The SMILES string of the molecule is COc1ccc(CN(Cc2ccc(OC)cc2)S(=O)(=O)[C@H](C)C[C@@H]2C=C([C@@H](OC)[C@@H]3CC[C@H]3CN3C[C@@]4(CCCc5cc(Cl)ccc54)COc4ccc(C(=O)OC(C)(C)C)cc43)C2)cc1. The molecule has 348 valence electrons. The van der Waals surface area contributed by atoms with Crippen LogP contribution in [0.25, 0.3) is 0 Å². The van der Waals surface area contributed by atoms with Gasteiger partial charge in [-0.2, -0.15) is 4.31 Å². The minimum Gasteiger partial charge on any atom is -0.497 e. The van der Waals surface area contributed by atoms with Gasteiger partial charge in [0.15, 0.2) is 0 Å². The molecule has 1 heterocycles. The molecular formula is C53H65ClN2O8S. The molecule has 3 aliphatic carbocycles. The zero-order valence-corrected chi connectivity index (χ0v) is 40.6. The van der Waals surface area contributed by atoms with Crippen LogP contribution in [-0.2, 0) is 44.4 Å². The summed E-state index contributed by atoms with van der Waals surface area (Å²) in [6.45, 7) is 10.1. The average Bonchev–Trinajstić information content (AvgIpc) is 3.41. The molecule has 1 aliphatic heterocycles. The lowest BCUT2D eigenvalue weighted by Crippen LogP contribution is -2.50. The van der Waals surface area contributed by atoms with E-state index in [1.807, 2.05) is 100 Å². The lowest BCUT2D eigenvalue weighted by molar-refractivity contribution is 0.000410. The molecule has 1 spiro atoms. The van der Waals surface area contributed by atoms with Crippen molar-refractivity contribution in [2.75, 3.05) is 45.9 Å². The van der Waals surface area contributed by atoms with Crippen LogP contribution < -0.4 is 19.1 Å². The maximum Gasteiger partial charge on any atom is 0.338 e. The van der Waals surface area contributed by atoms with Crippen LogP contribution in [0, 0.1) is 17.8 Å². The summed E-state index contributed by atoms with van der Waals surface area (Å²) < 4.78 is 60.1. The van der Waals surface area contributed by atoms with Crippen LogP contribution in [0.1, 0.15) is 98.8 Å². The molecule has 1 fully saturated rings. The van der Waals surface area contributed by atoms with E-state index >= 15 is 0 Å². The Labute approximate surface area is 391 Å². The van der Waals surface area contributed by atoms with Gasteiger partial charge in [-0.25, -0.2) is 13.2 Å². The molecule has 0 N–H and O–H groups in total. The zero-order chi connectivity index (χ0) is 46.1. The highest BCUT2D eigenvalue weighted by Gasteiger charge is 2.46. The van der Waals surface area contributed by atoms with Gasteiger partial charge in [0.1, 0.15) is 22.8 Å². The summed E-state index contributed by atoms with van der Waals surface area (Å²) in [5.41, 5.74) is 6.17. The molecule has 0 aromatic heterocycles. The molecule has 0 unspecified atom stereocenters. The van der Waals surface area contributed by atoms with Crippen LogP contribution in [0.5, 0.6) is 17.2 Å². The zero-order valence-electron chi connectivity index (χ0n) is 39.0. The Morgan fingerprint density at radius 3 is 2.17 bits per heavy atom. The maximum atomic E-state index is 14.4. The van der Waals surface area contributed by atoms with Gasteiger partial charge in [-0.1, -0.05) is 48.0 Å². The first-order chi connectivity index (χ1) is 31.1. The Kier molecular flexibility index (Phi) is 14.0. The summed E-state index contributed by atoms with van der Waals surface area (Å²) in [6, 6.07) is 27.1. The van der Waals surface area contributed by atoms with Gasteiger partial charge in [0, 0.05) is 43.7 Å². The van der Waals surface area contributed by atoms with E-state index in [0.29, 0.717) is 30.4 Å². The standard InChI is InChI=1S/C53H65ClN2O8S/c1-35(65(58,59)56(30-36-10-17-44(60-5)18-11-36)31-37-12-19-45(61-6)20-13-37)25-38-26-42(27-38)50(62-7)46-21-14-41(46)32-55-33-53(24-8-9-39-28-43(54)16-22-47(39)53)34-63-49-23-15-40(29-48(49)55)51(57)64-52(2,3)4/h10-13,15-20,22-23,26,28-29,35,38,41,46,50H,8-9,14,21,24-25,27,30-34H2,1-7H3/t35-,38-,41+,46-,50-,53+/m1/s1. The molecule has 4 aromatic carbocycles. The third-order valence-corrected chi connectivity index (χ3v) is 16.5. The Morgan fingerprint density at radius 2 is 1.58 bits per heavy atom. The van der Waals surface area contributed by atoms with Crippen molar-refractivity contribution in [3.8, 4) is 17.2 Å². The highest BCUT2D eigenvalue weighted by atomic mass is 35.5. The predicted octanol–water partition coefficient (Wildman–Crippen LogP) is 10.6. The fourth-order valence-corrected chi connectivity index (χ4v) is 12.4. The lowest BCUT2D eigenvalue weighted by Gasteiger charge is -2.48. The van der Waals surface area contributed by atoms with Crippen molar-refractivity contribution in [1.29, 1.82) is 0 Å². The second kappa shape index (κ2) is 19.4. The molecule has 1 saturated carbocycles. The van der Waals surface area contributed by atoms with Gasteiger partial charge in [0.25, 0.3) is 0 Å². The van der Waals surface area contributed by atoms with Gasteiger partial charge in [-0.05, 0) is 173 Å². The van der Waals surface area contributed by atoms with Gasteiger partial charge in [0.2, 0.25) is 10.0 Å². The van der Waals surface area contributed by atoms with E-state index < -0.39 is 20.9 Å². The number of esters is 1. The number of anilines is 1. The lowest BCUT2D eigenvalue weighted by atomic mass is 9.65. The van der Waals surface area contributed by atoms with Crippen molar-refractivity contribution < 1.29 is 36.9 Å². The summed E-state index contributed by atoms with van der Waals surface area (Å²) in [5, 5.41) is 0.156. The van der Waals surface area contributed by atoms with Crippen LogP contribution in [0.15, 0.2) is 96.6 Å². The molecule has 65 heavy (non-hydrogen) atoms. The van der Waals surface area contributed by atoms with Crippen molar-refractivity contribution >= 4 is 33.3 Å². The number of rotatable bonds is 16. The number of halogens is 1. The van der Waals surface area contributed by atoms with Gasteiger partial charge in [-0.3, -0.25) is 0 Å². The molecule has 0 saturated heterocycles. The van der Waals surface area contributed by atoms with E-state index in [9.17, 15) is 13.2 Å². The van der Waals surface area contributed by atoms with E-state index in [2.05, 4.69) is 23.1 Å². The number of methoxy groups -OCH3 is 3. The molecule has 0 amide bonds. The van der Waals surface area contributed by atoms with Gasteiger partial charge in [0.05, 0.1) is 43.4 Å². The number of hydrogen-bond donors (Lipinski definition) is 0. The number of ether oxygens (including phenoxy) is 5. The molecule has 10 nitrogen and oxygen atoms in total. The average molecular weight is 926 g/mol. The molecule has 6 atom stereocenters. The van der Waals surface area contributed by atoms with E-state index in [4.69, 9.17) is 35.3 Å². The van der Waals surface area contributed by atoms with Crippen molar-refractivity contribution in [2.24, 2.45) is 17.8 Å². The molecule has 4 aliphatic rings. The Hall–Kier alpha value is -4.55. The van der Waals surface area contributed by atoms with Crippen molar-refractivity contribution in [1.82, 2.24) is 4.31 Å². The van der Waals surface area contributed by atoms with Crippen molar-refractivity contribution in [2.45, 2.75) is 108 Å². The number of carbonyl (C=O) groups is 1. The highest BCUT2D eigenvalue weighted by Crippen LogP contribution is 2.49. The predicted molar refractivity (Wildman–Crippen MR) is 257 cm³/mol. The molecule has 12 heteroatoms. The summed E-state index contributed by atoms with van der Waals surface area (Å²) in [7, 11) is 1.35. The van der Waals surface area contributed by atoms with E-state index in [0.717, 1.165) is 90.7 Å². The van der Waals surface area contributed by atoms with Crippen LogP contribution in [0.4, 0.5) is 5.69 Å². The smallest absolute Gasteiger partial charge is 0.338 e. The van der Waals surface area contributed by atoms with Crippen LogP contribution in [0.3, 0.4) is 0 Å².